The molecule has 0 amide bonds. The molecular weight excluding hydrogens is 314 g/mol. The second-order valence-corrected chi connectivity index (χ2v) is 8.10. The Labute approximate surface area is 117 Å². The lowest BCUT2D eigenvalue weighted by molar-refractivity contribution is 0.414. The monoisotopic (exact) mass is 327 g/mol. The van der Waals surface area contributed by atoms with Crippen LogP contribution < -0.4 is 9.46 Å². The van der Waals surface area contributed by atoms with Gasteiger partial charge in [-0.25, -0.2) is 16.8 Å². The molecule has 0 unspecified atom stereocenters. The van der Waals surface area contributed by atoms with E-state index >= 15 is 0 Å². The molecule has 108 valence electrons. The quantitative estimate of drug-likeness (QED) is 0.804. The average Bonchev–Trinajstić information content (AvgIpc) is 2.26. The van der Waals surface area contributed by atoms with Crippen LogP contribution in [-0.2, 0) is 19.1 Å². The van der Waals surface area contributed by atoms with E-state index < -0.39 is 19.1 Å². The van der Waals surface area contributed by atoms with Gasteiger partial charge >= 0.3 is 0 Å². The molecule has 6 nitrogen and oxygen atoms in total. The average molecular weight is 328 g/mol. The van der Waals surface area contributed by atoms with Crippen molar-refractivity contribution in [2.45, 2.75) is 18.2 Å². The molecule has 0 heterocycles. The van der Waals surface area contributed by atoms with Gasteiger partial charge in [-0.05, 0) is 18.6 Å². The van der Waals surface area contributed by atoms with Crippen molar-refractivity contribution in [2.24, 2.45) is 0 Å². The van der Waals surface area contributed by atoms with Gasteiger partial charge in [0.25, 0.3) is 9.05 Å². The van der Waals surface area contributed by atoms with E-state index in [1.807, 2.05) is 0 Å². The first-order valence-corrected chi connectivity index (χ1v) is 9.29. The van der Waals surface area contributed by atoms with Crippen LogP contribution in [0.1, 0.15) is 13.3 Å². The van der Waals surface area contributed by atoms with Crippen LogP contribution >= 0.6 is 10.7 Å². The highest BCUT2D eigenvalue weighted by Crippen LogP contribution is 2.29. The minimum absolute atomic E-state index is 0.119. The number of sulfonamides is 1. The first-order chi connectivity index (χ1) is 8.69. The zero-order valence-corrected chi connectivity index (χ0v) is 12.8. The molecule has 1 aromatic rings. The lowest BCUT2D eigenvalue weighted by Gasteiger charge is -2.11. The summed E-state index contributed by atoms with van der Waals surface area (Å²) in [6, 6.07) is 3.83. The fourth-order valence-corrected chi connectivity index (χ4v) is 3.63. The van der Waals surface area contributed by atoms with Crippen LogP contribution in [0.3, 0.4) is 0 Å². The van der Waals surface area contributed by atoms with Crippen molar-refractivity contribution in [2.75, 3.05) is 17.6 Å². The van der Waals surface area contributed by atoms with E-state index in [1.54, 1.807) is 6.92 Å². The summed E-state index contributed by atoms with van der Waals surface area (Å²) in [6.07, 6.45) is 0.405. The Bertz CT molecular complexity index is 654. The standard InChI is InChI=1S/C10H14ClNO5S2/c1-3-6-18(13,14)12-9-7-8(17-2)4-5-10(9)19(11,15)16/h4-5,7,12H,3,6H2,1-2H3. The molecule has 0 aromatic heterocycles. The Morgan fingerprint density at radius 2 is 1.89 bits per heavy atom. The Kier molecular flexibility index (Phi) is 5.05. The number of rotatable bonds is 6. The maximum absolute atomic E-state index is 11.7. The molecular formula is C10H14ClNO5S2. The van der Waals surface area contributed by atoms with Crippen LogP contribution in [0.5, 0.6) is 5.75 Å². The van der Waals surface area contributed by atoms with Crippen LogP contribution in [0.4, 0.5) is 5.69 Å². The van der Waals surface area contributed by atoms with E-state index in [0.717, 1.165) is 0 Å². The second kappa shape index (κ2) is 5.98. The summed E-state index contributed by atoms with van der Waals surface area (Å²) in [7, 11) is -1.03. The van der Waals surface area contributed by atoms with E-state index in [4.69, 9.17) is 15.4 Å². The SMILES string of the molecule is CCCS(=O)(=O)Nc1cc(OC)ccc1S(=O)(=O)Cl. The molecule has 0 aliphatic carbocycles. The predicted molar refractivity (Wildman–Crippen MR) is 73.7 cm³/mol. The van der Waals surface area contributed by atoms with Gasteiger partial charge in [-0.2, -0.15) is 0 Å². The Balaban J connectivity index is 3.31. The van der Waals surface area contributed by atoms with E-state index in [-0.39, 0.29) is 16.3 Å². The number of methoxy groups -OCH3 is 1. The number of anilines is 1. The highest BCUT2D eigenvalue weighted by Gasteiger charge is 2.20. The van der Waals surface area contributed by atoms with Crippen molar-refractivity contribution in [3.05, 3.63) is 18.2 Å². The van der Waals surface area contributed by atoms with Crippen LogP contribution in [0.15, 0.2) is 23.1 Å². The predicted octanol–water partition coefficient (Wildman–Crippen LogP) is 1.77. The van der Waals surface area contributed by atoms with Crippen molar-refractivity contribution in [1.29, 1.82) is 0 Å². The molecule has 0 aliphatic rings. The minimum Gasteiger partial charge on any atom is -0.497 e. The maximum atomic E-state index is 11.7. The van der Waals surface area contributed by atoms with Crippen molar-refractivity contribution >= 4 is 35.4 Å². The van der Waals surface area contributed by atoms with Gasteiger partial charge in [-0.3, -0.25) is 4.72 Å². The van der Waals surface area contributed by atoms with Gasteiger partial charge in [-0.1, -0.05) is 6.92 Å². The second-order valence-electron chi connectivity index (χ2n) is 3.72. The van der Waals surface area contributed by atoms with Crippen LogP contribution in [0.25, 0.3) is 0 Å². The number of hydrogen-bond donors (Lipinski definition) is 1. The van der Waals surface area contributed by atoms with Crippen LogP contribution in [0, 0.1) is 0 Å². The molecule has 0 spiro atoms. The Morgan fingerprint density at radius 3 is 2.37 bits per heavy atom. The van der Waals surface area contributed by atoms with Crippen LogP contribution in [0.2, 0.25) is 0 Å². The largest absolute Gasteiger partial charge is 0.497 e. The molecule has 0 atom stereocenters. The third-order valence-corrected chi connectivity index (χ3v) is 5.04. The topological polar surface area (TPSA) is 89.5 Å². The summed E-state index contributed by atoms with van der Waals surface area (Å²) in [5, 5.41) is 0. The zero-order valence-electron chi connectivity index (χ0n) is 10.4. The van der Waals surface area contributed by atoms with Gasteiger partial charge in [0.1, 0.15) is 10.6 Å². The molecule has 1 N–H and O–H groups in total. The van der Waals surface area contributed by atoms with Gasteiger partial charge in [0.15, 0.2) is 0 Å². The summed E-state index contributed by atoms with van der Waals surface area (Å²) in [5.41, 5.74) is -0.122. The van der Waals surface area contributed by atoms with Crippen molar-refractivity contribution in [3.8, 4) is 5.75 Å². The van der Waals surface area contributed by atoms with E-state index in [1.165, 1.54) is 25.3 Å². The number of ether oxygens (including phenoxy) is 1. The van der Waals surface area contributed by atoms with Crippen molar-refractivity contribution in [1.82, 2.24) is 0 Å². The van der Waals surface area contributed by atoms with Gasteiger partial charge in [0.2, 0.25) is 10.0 Å². The lowest BCUT2D eigenvalue weighted by atomic mass is 10.3. The molecule has 0 saturated heterocycles. The molecule has 0 bridgehead atoms. The molecule has 1 rings (SSSR count). The molecule has 0 saturated carbocycles. The Morgan fingerprint density at radius 1 is 1.26 bits per heavy atom. The number of hydrogen-bond acceptors (Lipinski definition) is 5. The molecule has 0 fully saturated rings. The lowest BCUT2D eigenvalue weighted by Crippen LogP contribution is -2.17. The van der Waals surface area contributed by atoms with Crippen LogP contribution in [-0.4, -0.2) is 29.7 Å². The fourth-order valence-electron chi connectivity index (χ4n) is 1.42. The summed E-state index contributed by atoms with van der Waals surface area (Å²) >= 11 is 0. The summed E-state index contributed by atoms with van der Waals surface area (Å²) in [5.74, 6) is 0.199. The number of benzene rings is 1. The number of halogens is 1. The third kappa shape index (κ3) is 4.55. The van der Waals surface area contributed by atoms with Gasteiger partial charge in [0, 0.05) is 16.7 Å². The maximum Gasteiger partial charge on any atom is 0.263 e. The van der Waals surface area contributed by atoms with Gasteiger partial charge in [0.05, 0.1) is 18.6 Å². The highest BCUT2D eigenvalue weighted by atomic mass is 35.7. The first kappa shape index (κ1) is 16.1. The van der Waals surface area contributed by atoms with Gasteiger partial charge in [-0.15, -0.1) is 0 Å². The van der Waals surface area contributed by atoms with Crippen molar-refractivity contribution < 1.29 is 21.6 Å². The summed E-state index contributed by atoms with van der Waals surface area (Å²) < 4.78 is 53.3. The Hall–Kier alpha value is -0.990. The molecule has 19 heavy (non-hydrogen) atoms. The normalized spacial score (nSPS) is 12.2. The van der Waals surface area contributed by atoms with E-state index in [0.29, 0.717) is 12.2 Å². The van der Waals surface area contributed by atoms with Crippen molar-refractivity contribution in [3.63, 3.8) is 0 Å². The molecule has 0 aliphatic heterocycles. The third-order valence-electron chi connectivity index (χ3n) is 2.19. The van der Waals surface area contributed by atoms with E-state index in [9.17, 15) is 16.8 Å². The summed E-state index contributed by atoms with van der Waals surface area (Å²) in [4.78, 5) is -0.311. The molecule has 1 aromatic carbocycles. The number of nitrogens with one attached hydrogen (secondary N) is 1. The van der Waals surface area contributed by atoms with E-state index in [2.05, 4.69) is 4.72 Å². The molecule has 0 radical (unpaired) electrons. The minimum atomic E-state index is -4.06. The highest BCUT2D eigenvalue weighted by molar-refractivity contribution is 8.14. The summed E-state index contributed by atoms with van der Waals surface area (Å²) in [6.45, 7) is 1.70. The first-order valence-electron chi connectivity index (χ1n) is 5.33. The van der Waals surface area contributed by atoms with Gasteiger partial charge < -0.3 is 4.74 Å². The fraction of sp³-hybridized carbons (Fsp3) is 0.400. The molecule has 9 heteroatoms. The zero-order chi connectivity index (χ0) is 14.7. The smallest absolute Gasteiger partial charge is 0.263 e.